The highest BCUT2D eigenvalue weighted by molar-refractivity contribution is 5.64. The summed E-state index contributed by atoms with van der Waals surface area (Å²) in [6.07, 6.45) is 10.3. The largest absolute Gasteiger partial charge is 0.266 e. The van der Waals surface area contributed by atoms with Crippen molar-refractivity contribution >= 4 is 6.21 Å². The molecule has 0 saturated heterocycles. The van der Waals surface area contributed by atoms with Crippen molar-refractivity contribution in [1.82, 2.24) is 0 Å². The average molecular weight is 211 g/mol. The van der Waals surface area contributed by atoms with Gasteiger partial charge in [-0.15, -0.1) is 0 Å². The number of fused-ring (bicyclic) bond motifs is 1. The molecule has 1 nitrogen and oxygen atoms in total. The summed E-state index contributed by atoms with van der Waals surface area (Å²) in [5.41, 5.74) is 4.42. The molecule has 1 aliphatic carbocycles. The summed E-state index contributed by atoms with van der Waals surface area (Å²) in [6.45, 7) is 0. The van der Waals surface area contributed by atoms with Crippen molar-refractivity contribution in [2.45, 2.75) is 32.1 Å². The van der Waals surface area contributed by atoms with E-state index in [4.69, 9.17) is 0 Å². The van der Waals surface area contributed by atoms with Gasteiger partial charge in [0, 0.05) is 18.3 Å². The third-order valence-corrected chi connectivity index (χ3v) is 3.66. The zero-order valence-electron chi connectivity index (χ0n) is 9.52. The maximum atomic E-state index is 4.42. The quantitative estimate of drug-likeness (QED) is 0.709. The van der Waals surface area contributed by atoms with Crippen molar-refractivity contribution in [3.05, 3.63) is 47.2 Å². The van der Waals surface area contributed by atoms with Crippen molar-refractivity contribution in [1.29, 1.82) is 0 Å². The molecular weight excluding hydrogens is 194 g/mol. The highest BCUT2D eigenvalue weighted by atomic mass is 14.7. The summed E-state index contributed by atoms with van der Waals surface area (Å²) in [7, 11) is 0. The summed E-state index contributed by atoms with van der Waals surface area (Å²) in [6, 6.07) is 8.88. The Kier molecular flexibility index (Phi) is 2.61. The third-order valence-electron chi connectivity index (χ3n) is 3.66. The molecule has 1 unspecified atom stereocenters. The van der Waals surface area contributed by atoms with Gasteiger partial charge in [-0.25, -0.2) is 0 Å². The normalized spacial score (nSPS) is 23.0. The Morgan fingerprint density at radius 1 is 1.19 bits per heavy atom. The number of hydrogen-bond acceptors (Lipinski definition) is 1. The maximum absolute atomic E-state index is 4.42. The van der Waals surface area contributed by atoms with Crippen molar-refractivity contribution in [3.63, 3.8) is 0 Å². The maximum Gasteiger partial charge on any atom is 0.0366 e. The van der Waals surface area contributed by atoms with E-state index < -0.39 is 0 Å². The first-order valence-corrected chi connectivity index (χ1v) is 6.20. The lowest BCUT2D eigenvalue weighted by atomic mass is 9.82. The molecule has 82 valence electrons. The lowest BCUT2D eigenvalue weighted by molar-refractivity contribution is 0.453. The summed E-state index contributed by atoms with van der Waals surface area (Å²) < 4.78 is 0. The monoisotopic (exact) mass is 211 g/mol. The Bertz CT molecular complexity index is 443. The van der Waals surface area contributed by atoms with Crippen LogP contribution in [0.3, 0.4) is 0 Å². The van der Waals surface area contributed by atoms with E-state index in [1.165, 1.54) is 31.4 Å². The van der Waals surface area contributed by atoms with Crippen LogP contribution in [0.4, 0.5) is 0 Å². The molecule has 16 heavy (non-hydrogen) atoms. The van der Waals surface area contributed by atoms with Gasteiger partial charge in [0.2, 0.25) is 0 Å². The molecule has 0 N–H and O–H groups in total. The van der Waals surface area contributed by atoms with Crippen molar-refractivity contribution in [2.75, 3.05) is 0 Å². The number of aryl methyl sites for hydroxylation is 1. The van der Waals surface area contributed by atoms with Gasteiger partial charge < -0.3 is 0 Å². The fourth-order valence-electron chi connectivity index (χ4n) is 2.79. The van der Waals surface area contributed by atoms with Gasteiger partial charge in [-0.2, -0.15) is 0 Å². The Hall–Kier alpha value is -1.37. The molecule has 1 aromatic carbocycles. The minimum absolute atomic E-state index is 0.802. The van der Waals surface area contributed by atoms with E-state index >= 15 is 0 Å². The second kappa shape index (κ2) is 4.25. The number of rotatable bonds is 2. The van der Waals surface area contributed by atoms with Gasteiger partial charge in [-0.3, -0.25) is 4.99 Å². The van der Waals surface area contributed by atoms with Crippen LogP contribution < -0.4 is 0 Å². The average Bonchev–Trinajstić information content (AvgIpc) is 2.82. The first-order chi connectivity index (χ1) is 7.92. The van der Waals surface area contributed by atoms with Gasteiger partial charge in [0.05, 0.1) is 0 Å². The number of hydrogen-bond donors (Lipinski definition) is 0. The first kappa shape index (κ1) is 9.83. The molecule has 1 aliphatic heterocycles. The molecular formula is C15H17N. The van der Waals surface area contributed by atoms with Crippen LogP contribution in [0.2, 0.25) is 0 Å². The molecule has 0 spiro atoms. The van der Waals surface area contributed by atoms with Gasteiger partial charge >= 0.3 is 0 Å². The molecule has 0 fully saturated rings. The minimum Gasteiger partial charge on any atom is -0.266 e. The molecule has 0 amide bonds. The Labute approximate surface area is 96.9 Å². The van der Waals surface area contributed by atoms with Gasteiger partial charge in [-0.05, 0) is 42.7 Å². The SMILES string of the molecule is C1=NC(CC2CCc3ccccc3C2)=CC1. The zero-order valence-corrected chi connectivity index (χ0v) is 9.52. The van der Waals surface area contributed by atoms with Crippen LogP contribution in [-0.2, 0) is 12.8 Å². The molecule has 0 aromatic heterocycles. The number of nitrogens with zero attached hydrogens (tertiary/aromatic N) is 1. The zero-order chi connectivity index (χ0) is 10.8. The van der Waals surface area contributed by atoms with E-state index in [2.05, 4.69) is 35.3 Å². The number of benzene rings is 1. The summed E-state index contributed by atoms with van der Waals surface area (Å²) >= 11 is 0. The fourth-order valence-corrected chi connectivity index (χ4v) is 2.79. The second-order valence-corrected chi connectivity index (χ2v) is 4.82. The Balaban J connectivity index is 1.70. The van der Waals surface area contributed by atoms with Gasteiger partial charge in [-0.1, -0.05) is 30.3 Å². The molecule has 0 radical (unpaired) electrons. The number of allylic oxidation sites excluding steroid dienone is 2. The molecule has 1 aromatic rings. The second-order valence-electron chi connectivity index (χ2n) is 4.82. The summed E-state index contributed by atoms with van der Waals surface area (Å²) in [5, 5.41) is 0. The highest BCUT2D eigenvalue weighted by Crippen LogP contribution is 2.30. The van der Waals surface area contributed by atoms with Crippen LogP contribution in [0, 0.1) is 5.92 Å². The lowest BCUT2D eigenvalue weighted by Gasteiger charge is -2.24. The topological polar surface area (TPSA) is 12.4 Å². The van der Waals surface area contributed by atoms with Crippen LogP contribution in [0.1, 0.15) is 30.4 Å². The minimum atomic E-state index is 0.802. The van der Waals surface area contributed by atoms with E-state index in [0.717, 1.165) is 12.3 Å². The molecule has 0 saturated carbocycles. The molecule has 1 heterocycles. The third kappa shape index (κ3) is 1.95. The van der Waals surface area contributed by atoms with Gasteiger partial charge in [0.25, 0.3) is 0 Å². The predicted molar refractivity (Wildman–Crippen MR) is 67.8 cm³/mol. The predicted octanol–water partition coefficient (Wildman–Crippen LogP) is 3.54. The van der Waals surface area contributed by atoms with Crippen LogP contribution >= 0.6 is 0 Å². The summed E-state index contributed by atoms with van der Waals surface area (Å²) in [4.78, 5) is 4.42. The van der Waals surface area contributed by atoms with E-state index in [1.54, 1.807) is 11.1 Å². The van der Waals surface area contributed by atoms with E-state index in [1.807, 2.05) is 6.21 Å². The molecule has 1 atom stereocenters. The molecule has 0 bridgehead atoms. The fraction of sp³-hybridized carbons (Fsp3) is 0.400. The van der Waals surface area contributed by atoms with Crippen molar-refractivity contribution < 1.29 is 0 Å². The van der Waals surface area contributed by atoms with Crippen LogP contribution in [0.25, 0.3) is 0 Å². The highest BCUT2D eigenvalue weighted by Gasteiger charge is 2.19. The van der Waals surface area contributed by atoms with Crippen LogP contribution in [0.5, 0.6) is 0 Å². The van der Waals surface area contributed by atoms with Gasteiger partial charge in [0.1, 0.15) is 0 Å². The smallest absolute Gasteiger partial charge is 0.0366 e. The molecule has 2 aliphatic rings. The Morgan fingerprint density at radius 2 is 2.06 bits per heavy atom. The van der Waals surface area contributed by atoms with E-state index in [9.17, 15) is 0 Å². The van der Waals surface area contributed by atoms with E-state index in [-0.39, 0.29) is 0 Å². The van der Waals surface area contributed by atoms with Gasteiger partial charge in [0.15, 0.2) is 0 Å². The van der Waals surface area contributed by atoms with Crippen molar-refractivity contribution in [3.8, 4) is 0 Å². The van der Waals surface area contributed by atoms with Crippen LogP contribution in [-0.4, -0.2) is 6.21 Å². The standard InChI is InChI=1S/C15H17N/c1-2-5-14-10-12(7-8-13(14)4-1)11-15-6-3-9-16-15/h1-2,4-6,9,12H,3,7-8,10-11H2. The van der Waals surface area contributed by atoms with Crippen molar-refractivity contribution in [2.24, 2.45) is 10.9 Å². The first-order valence-electron chi connectivity index (χ1n) is 6.20. The van der Waals surface area contributed by atoms with E-state index in [0.29, 0.717) is 0 Å². The molecule has 1 heteroatoms. The Morgan fingerprint density at radius 3 is 2.88 bits per heavy atom. The number of aliphatic imine (C=N–C) groups is 1. The molecule has 3 rings (SSSR count). The lowest BCUT2D eigenvalue weighted by Crippen LogP contribution is -2.14. The summed E-state index contributed by atoms with van der Waals surface area (Å²) in [5.74, 6) is 0.802. The van der Waals surface area contributed by atoms with Crippen LogP contribution in [0.15, 0.2) is 41.0 Å².